The highest BCUT2D eigenvalue weighted by Gasteiger charge is 2.27. The number of nitro benzene ring substituents is 1. The predicted octanol–water partition coefficient (Wildman–Crippen LogP) is 3.24. The van der Waals surface area contributed by atoms with E-state index >= 15 is 0 Å². The molecule has 1 aliphatic rings. The van der Waals surface area contributed by atoms with Crippen LogP contribution in [0, 0.1) is 10.1 Å². The summed E-state index contributed by atoms with van der Waals surface area (Å²) in [5.41, 5.74) is 0.663. The summed E-state index contributed by atoms with van der Waals surface area (Å²) >= 11 is 1.11. The van der Waals surface area contributed by atoms with Gasteiger partial charge in [0.25, 0.3) is 11.6 Å². The van der Waals surface area contributed by atoms with Gasteiger partial charge in [0.15, 0.2) is 5.13 Å². The van der Waals surface area contributed by atoms with E-state index in [0.717, 1.165) is 24.2 Å². The van der Waals surface area contributed by atoms with E-state index in [1.54, 1.807) is 0 Å². The lowest BCUT2D eigenvalue weighted by Crippen LogP contribution is -2.28. The first-order valence-electron chi connectivity index (χ1n) is 8.81. The van der Waals surface area contributed by atoms with Crippen molar-refractivity contribution in [2.24, 2.45) is 0 Å². The Morgan fingerprint density at radius 1 is 1.17 bits per heavy atom. The number of nitrogens with one attached hydrogen (secondary N) is 1. The molecule has 11 heteroatoms. The van der Waals surface area contributed by atoms with Crippen molar-refractivity contribution in [1.82, 2.24) is 9.29 Å². The van der Waals surface area contributed by atoms with Crippen LogP contribution in [0.15, 0.2) is 47.4 Å². The minimum atomic E-state index is -3.62. The minimum absolute atomic E-state index is 0.0566. The summed E-state index contributed by atoms with van der Waals surface area (Å²) in [4.78, 5) is 27.3. The standard InChI is InChI=1S/C18H16N4O5S2/c23-17(20-18-19-15-7-6-13(22(24)25)11-16(15)28-18)12-4-3-5-14(10-12)29(26,27)21-8-1-2-9-21/h3-7,10-11H,1-2,8-9H2,(H,19,20,23). The molecule has 2 aromatic carbocycles. The number of carbonyl (C=O) groups excluding carboxylic acids is 1. The molecule has 0 spiro atoms. The second kappa shape index (κ2) is 7.50. The number of carbonyl (C=O) groups is 1. The number of non-ortho nitro benzene ring substituents is 1. The van der Waals surface area contributed by atoms with Gasteiger partial charge in [0.2, 0.25) is 10.0 Å². The number of hydrogen-bond donors (Lipinski definition) is 1. The van der Waals surface area contributed by atoms with Crippen LogP contribution >= 0.6 is 11.3 Å². The molecule has 2 heterocycles. The number of thiazole rings is 1. The molecular weight excluding hydrogens is 416 g/mol. The van der Waals surface area contributed by atoms with Crippen LogP contribution in [-0.4, -0.2) is 41.6 Å². The molecule has 1 fully saturated rings. The van der Waals surface area contributed by atoms with Crippen LogP contribution in [-0.2, 0) is 10.0 Å². The van der Waals surface area contributed by atoms with Crippen LogP contribution in [0.4, 0.5) is 10.8 Å². The molecule has 1 amide bonds. The maximum atomic E-state index is 12.7. The third-order valence-corrected chi connectivity index (χ3v) is 7.43. The molecule has 1 N–H and O–H groups in total. The molecular formula is C18H16N4O5S2. The summed E-state index contributed by atoms with van der Waals surface area (Å²) in [6, 6.07) is 10.1. The molecule has 29 heavy (non-hydrogen) atoms. The molecule has 0 saturated carbocycles. The summed E-state index contributed by atoms with van der Waals surface area (Å²) in [5.74, 6) is -0.503. The maximum absolute atomic E-state index is 12.7. The van der Waals surface area contributed by atoms with E-state index in [-0.39, 0.29) is 21.3 Å². The first kappa shape index (κ1) is 19.4. The molecule has 0 unspecified atom stereocenters. The Morgan fingerprint density at radius 2 is 1.93 bits per heavy atom. The Morgan fingerprint density at radius 3 is 2.66 bits per heavy atom. The number of hydrogen-bond acceptors (Lipinski definition) is 7. The van der Waals surface area contributed by atoms with Crippen molar-refractivity contribution in [2.45, 2.75) is 17.7 Å². The minimum Gasteiger partial charge on any atom is -0.298 e. The molecule has 0 atom stereocenters. The summed E-state index contributed by atoms with van der Waals surface area (Å²) in [5, 5.41) is 13.8. The topological polar surface area (TPSA) is 123 Å². The SMILES string of the molecule is O=C(Nc1nc2ccc([N+](=O)[O-])cc2s1)c1cccc(S(=O)(=O)N2CCCC2)c1. The number of fused-ring (bicyclic) bond motifs is 1. The number of amides is 1. The van der Waals surface area contributed by atoms with Crippen molar-refractivity contribution < 1.29 is 18.1 Å². The van der Waals surface area contributed by atoms with Crippen molar-refractivity contribution >= 4 is 48.3 Å². The van der Waals surface area contributed by atoms with E-state index in [4.69, 9.17) is 0 Å². The van der Waals surface area contributed by atoms with Crippen LogP contribution in [0.1, 0.15) is 23.2 Å². The lowest BCUT2D eigenvalue weighted by molar-refractivity contribution is -0.384. The van der Waals surface area contributed by atoms with Crippen molar-refractivity contribution in [3.05, 3.63) is 58.1 Å². The van der Waals surface area contributed by atoms with Crippen molar-refractivity contribution in [3.63, 3.8) is 0 Å². The van der Waals surface area contributed by atoms with Crippen LogP contribution in [0.5, 0.6) is 0 Å². The lowest BCUT2D eigenvalue weighted by atomic mass is 10.2. The van der Waals surface area contributed by atoms with E-state index in [2.05, 4.69) is 10.3 Å². The number of nitrogens with zero attached hydrogens (tertiary/aromatic N) is 3. The number of sulfonamides is 1. The number of rotatable bonds is 5. The molecule has 0 bridgehead atoms. The van der Waals surface area contributed by atoms with Gasteiger partial charge in [-0.05, 0) is 37.1 Å². The molecule has 0 aliphatic carbocycles. The van der Waals surface area contributed by atoms with Crippen molar-refractivity contribution in [2.75, 3.05) is 18.4 Å². The summed E-state index contributed by atoms with van der Waals surface area (Å²) < 4.78 is 27.4. The smallest absolute Gasteiger partial charge is 0.270 e. The van der Waals surface area contributed by atoms with Crippen LogP contribution < -0.4 is 5.32 Å². The Hall–Kier alpha value is -2.89. The molecule has 3 aromatic rings. The average molecular weight is 432 g/mol. The van der Waals surface area contributed by atoms with Crippen LogP contribution in [0.25, 0.3) is 10.2 Å². The van der Waals surface area contributed by atoms with Crippen LogP contribution in [0.3, 0.4) is 0 Å². The first-order chi connectivity index (χ1) is 13.8. The van der Waals surface area contributed by atoms with E-state index in [1.165, 1.54) is 46.8 Å². The molecule has 1 aromatic heterocycles. The zero-order chi connectivity index (χ0) is 20.6. The number of anilines is 1. The second-order valence-electron chi connectivity index (χ2n) is 6.52. The molecule has 1 aliphatic heterocycles. The van der Waals surface area contributed by atoms with Gasteiger partial charge >= 0.3 is 0 Å². The fourth-order valence-corrected chi connectivity index (χ4v) is 5.58. The molecule has 150 valence electrons. The van der Waals surface area contributed by atoms with Gasteiger partial charge in [0.1, 0.15) is 0 Å². The van der Waals surface area contributed by atoms with Crippen molar-refractivity contribution in [1.29, 1.82) is 0 Å². The number of nitro groups is 1. The monoisotopic (exact) mass is 432 g/mol. The summed E-state index contributed by atoms with van der Waals surface area (Å²) in [6.07, 6.45) is 1.66. The Kier molecular flexibility index (Phi) is 5.03. The predicted molar refractivity (Wildman–Crippen MR) is 109 cm³/mol. The van der Waals surface area contributed by atoms with Gasteiger partial charge in [0.05, 0.1) is 20.0 Å². The quantitative estimate of drug-likeness (QED) is 0.488. The highest BCUT2D eigenvalue weighted by Crippen LogP contribution is 2.29. The molecule has 4 rings (SSSR count). The van der Waals surface area contributed by atoms with Gasteiger partial charge < -0.3 is 0 Å². The Bertz CT molecular complexity index is 1220. The van der Waals surface area contributed by atoms with Gasteiger partial charge in [-0.15, -0.1) is 0 Å². The first-order valence-corrected chi connectivity index (χ1v) is 11.1. The lowest BCUT2D eigenvalue weighted by Gasteiger charge is -2.15. The van der Waals surface area contributed by atoms with Crippen LogP contribution in [0.2, 0.25) is 0 Å². The zero-order valence-corrected chi connectivity index (χ0v) is 16.7. The fourth-order valence-electron chi connectivity index (χ4n) is 3.12. The van der Waals surface area contributed by atoms with Gasteiger partial charge in [-0.1, -0.05) is 17.4 Å². The van der Waals surface area contributed by atoms with Gasteiger partial charge in [-0.3, -0.25) is 20.2 Å². The van der Waals surface area contributed by atoms with E-state index < -0.39 is 20.9 Å². The Labute approximate surface area is 170 Å². The highest BCUT2D eigenvalue weighted by atomic mass is 32.2. The van der Waals surface area contributed by atoms with E-state index in [9.17, 15) is 23.3 Å². The fraction of sp³-hybridized carbons (Fsp3) is 0.222. The third-order valence-electron chi connectivity index (χ3n) is 4.60. The average Bonchev–Trinajstić information content (AvgIpc) is 3.37. The van der Waals surface area contributed by atoms with Gasteiger partial charge in [-0.25, -0.2) is 13.4 Å². The highest BCUT2D eigenvalue weighted by molar-refractivity contribution is 7.89. The second-order valence-corrected chi connectivity index (χ2v) is 9.49. The normalized spacial score (nSPS) is 14.9. The van der Waals surface area contributed by atoms with Crippen molar-refractivity contribution in [3.8, 4) is 0 Å². The van der Waals surface area contributed by atoms with Gasteiger partial charge in [-0.2, -0.15) is 4.31 Å². The summed E-state index contributed by atoms with van der Waals surface area (Å²) in [7, 11) is -3.62. The maximum Gasteiger partial charge on any atom is 0.270 e. The summed E-state index contributed by atoms with van der Waals surface area (Å²) in [6.45, 7) is 0.965. The Balaban J connectivity index is 1.57. The van der Waals surface area contributed by atoms with E-state index in [1.807, 2.05) is 0 Å². The number of aromatic nitrogens is 1. The number of benzene rings is 2. The molecule has 1 saturated heterocycles. The molecule has 0 radical (unpaired) electrons. The van der Waals surface area contributed by atoms with E-state index in [0.29, 0.717) is 23.3 Å². The third kappa shape index (κ3) is 3.84. The van der Waals surface area contributed by atoms with Gasteiger partial charge in [0, 0.05) is 30.8 Å². The zero-order valence-electron chi connectivity index (χ0n) is 15.1. The largest absolute Gasteiger partial charge is 0.298 e. The molecule has 9 nitrogen and oxygen atoms in total.